The summed E-state index contributed by atoms with van der Waals surface area (Å²) in [6, 6.07) is 7.07. The Hall–Kier alpha value is -1.94. The number of hydrogen-bond donors (Lipinski definition) is 1. The number of benzene rings is 1. The largest absolute Gasteiger partial charge is 0.465 e. The maximum Gasteiger partial charge on any atom is 0.340 e. The Kier molecular flexibility index (Phi) is 2.83. The van der Waals surface area contributed by atoms with E-state index in [0.717, 1.165) is 10.9 Å². The smallest absolute Gasteiger partial charge is 0.340 e. The van der Waals surface area contributed by atoms with E-state index < -0.39 is 5.97 Å². The summed E-state index contributed by atoms with van der Waals surface area (Å²) in [5, 5.41) is 9.80. The molecule has 4 nitrogen and oxygen atoms in total. The first-order valence-electron chi connectivity index (χ1n) is 4.83. The SMILES string of the molecule is COC(=O)c1cccc2cc(CO)cnc12. The number of nitrogens with zero attached hydrogens (tertiary/aromatic N) is 1. The minimum Gasteiger partial charge on any atom is -0.465 e. The van der Waals surface area contributed by atoms with Crippen molar-refractivity contribution in [3.8, 4) is 0 Å². The number of carbonyl (C=O) groups excluding carboxylic acids is 1. The molecule has 0 amide bonds. The summed E-state index contributed by atoms with van der Waals surface area (Å²) < 4.78 is 4.67. The van der Waals surface area contributed by atoms with Gasteiger partial charge in [-0.2, -0.15) is 0 Å². The van der Waals surface area contributed by atoms with Gasteiger partial charge in [-0.25, -0.2) is 4.79 Å². The molecule has 0 bridgehead atoms. The van der Waals surface area contributed by atoms with E-state index in [1.807, 2.05) is 6.07 Å². The first-order valence-corrected chi connectivity index (χ1v) is 4.83. The number of aliphatic hydroxyl groups excluding tert-OH is 1. The van der Waals surface area contributed by atoms with Crippen molar-refractivity contribution < 1.29 is 14.6 Å². The number of hydrogen-bond acceptors (Lipinski definition) is 4. The predicted molar refractivity (Wildman–Crippen MR) is 59.0 cm³/mol. The fraction of sp³-hybridized carbons (Fsp3) is 0.167. The zero-order valence-electron chi connectivity index (χ0n) is 8.80. The van der Waals surface area contributed by atoms with Crippen LogP contribution in [0.4, 0.5) is 0 Å². The highest BCUT2D eigenvalue weighted by Gasteiger charge is 2.10. The Morgan fingerprint density at radius 2 is 2.31 bits per heavy atom. The molecule has 2 aromatic rings. The second-order valence-electron chi connectivity index (χ2n) is 3.37. The lowest BCUT2D eigenvalue weighted by atomic mass is 10.1. The van der Waals surface area contributed by atoms with Crippen LogP contribution in [-0.2, 0) is 11.3 Å². The number of rotatable bonds is 2. The van der Waals surface area contributed by atoms with Crippen LogP contribution in [0.2, 0.25) is 0 Å². The van der Waals surface area contributed by atoms with E-state index in [1.54, 1.807) is 24.4 Å². The fourth-order valence-corrected chi connectivity index (χ4v) is 1.57. The Labute approximate surface area is 92.5 Å². The van der Waals surface area contributed by atoms with Gasteiger partial charge in [-0.1, -0.05) is 12.1 Å². The van der Waals surface area contributed by atoms with Crippen LogP contribution in [0.25, 0.3) is 10.9 Å². The number of para-hydroxylation sites is 1. The molecule has 0 aliphatic carbocycles. The minimum atomic E-state index is -0.408. The molecular formula is C12H11NO3. The van der Waals surface area contributed by atoms with Crippen molar-refractivity contribution in [3.63, 3.8) is 0 Å². The Bertz CT molecular complexity index is 537. The topological polar surface area (TPSA) is 59.4 Å². The van der Waals surface area contributed by atoms with Gasteiger partial charge in [0.05, 0.1) is 24.8 Å². The van der Waals surface area contributed by atoms with Gasteiger partial charge in [-0.15, -0.1) is 0 Å². The molecule has 1 aromatic heterocycles. The quantitative estimate of drug-likeness (QED) is 0.775. The number of carbonyl (C=O) groups is 1. The highest BCUT2D eigenvalue weighted by atomic mass is 16.5. The summed E-state index contributed by atoms with van der Waals surface area (Å²) in [6.45, 7) is -0.0641. The van der Waals surface area contributed by atoms with Crippen LogP contribution in [0.5, 0.6) is 0 Å². The minimum absolute atomic E-state index is 0.0641. The predicted octanol–water partition coefficient (Wildman–Crippen LogP) is 1.51. The van der Waals surface area contributed by atoms with E-state index in [9.17, 15) is 4.79 Å². The molecule has 0 unspecified atom stereocenters. The molecule has 0 atom stereocenters. The first kappa shape index (κ1) is 10.6. The molecule has 0 fully saturated rings. The second-order valence-corrected chi connectivity index (χ2v) is 3.37. The van der Waals surface area contributed by atoms with Crippen LogP contribution in [0, 0.1) is 0 Å². The maximum atomic E-state index is 11.5. The molecule has 1 aromatic carbocycles. The zero-order chi connectivity index (χ0) is 11.5. The summed E-state index contributed by atoms with van der Waals surface area (Å²) in [6.07, 6.45) is 1.55. The number of fused-ring (bicyclic) bond motifs is 1. The van der Waals surface area contributed by atoms with Crippen molar-refractivity contribution in [2.75, 3.05) is 7.11 Å². The van der Waals surface area contributed by atoms with E-state index in [1.165, 1.54) is 7.11 Å². The van der Waals surface area contributed by atoms with Gasteiger partial charge in [0.1, 0.15) is 0 Å². The molecule has 82 valence electrons. The lowest BCUT2D eigenvalue weighted by molar-refractivity contribution is 0.0603. The lowest BCUT2D eigenvalue weighted by Gasteiger charge is -2.04. The van der Waals surface area contributed by atoms with E-state index in [4.69, 9.17) is 5.11 Å². The fourth-order valence-electron chi connectivity index (χ4n) is 1.57. The first-order chi connectivity index (χ1) is 7.76. The van der Waals surface area contributed by atoms with E-state index >= 15 is 0 Å². The van der Waals surface area contributed by atoms with E-state index in [0.29, 0.717) is 11.1 Å². The summed E-state index contributed by atoms with van der Waals surface area (Å²) in [7, 11) is 1.34. The van der Waals surface area contributed by atoms with Crippen molar-refractivity contribution >= 4 is 16.9 Å². The van der Waals surface area contributed by atoms with Gasteiger partial charge in [0.15, 0.2) is 0 Å². The molecule has 0 aliphatic heterocycles. The van der Waals surface area contributed by atoms with Crippen LogP contribution in [0.3, 0.4) is 0 Å². The summed E-state index contributed by atoms with van der Waals surface area (Å²) in [5.74, 6) is -0.408. The Morgan fingerprint density at radius 3 is 3.00 bits per heavy atom. The third-order valence-electron chi connectivity index (χ3n) is 2.36. The van der Waals surface area contributed by atoms with E-state index in [2.05, 4.69) is 9.72 Å². The molecule has 0 radical (unpaired) electrons. The van der Waals surface area contributed by atoms with Crippen LogP contribution < -0.4 is 0 Å². The van der Waals surface area contributed by atoms with Crippen LogP contribution in [0.15, 0.2) is 30.5 Å². The molecule has 4 heteroatoms. The Morgan fingerprint density at radius 1 is 1.50 bits per heavy atom. The van der Waals surface area contributed by atoms with Gasteiger partial charge < -0.3 is 9.84 Å². The third-order valence-corrected chi connectivity index (χ3v) is 2.36. The van der Waals surface area contributed by atoms with Gasteiger partial charge >= 0.3 is 5.97 Å². The number of esters is 1. The average molecular weight is 217 g/mol. The normalized spacial score (nSPS) is 10.4. The van der Waals surface area contributed by atoms with Gasteiger partial charge in [0, 0.05) is 11.6 Å². The molecule has 1 N–H and O–H groups in total. The molecule has 1 heterocycles. The average Bonchev–Trinajstić information content (AvgIpc) is 2.36. The third kappa shape index (κ3) is 1.75. The number of ether oxygens (including phenoxy) is 1. The van der Waals surface area contributed by atoms with Gasteiger partial charge in [0.2, 0.25) is 0 Å². The molecule has 0 spiro atoms. The lowest BCUT2D eigenvalue weighted by Crippen LogP contribution is -2.03. The van der Waals surface area contributed by atoms with Gasteiger partial charge in [0.25, 0.3) is 0 Å². The van der Waals surface area contributed by atoms with Crippen LogP contribution in [0.1, 0.15) is 15.9 Å². The van der Waals surface area contributed by atoms with Gasteiger partial charge in [-0.05, 0) is 17.7 Å². The molecule has 0 saturated heterocycles. The van der Waals surface area contributed by atoms with Crippen LogP contribution in [-0.4, -0.2) is 23.2 Å². The number of pyridine rings is 1. The molecular weight excluding hydrogens is 206 g/mol. The Balaban J connectivity index is 2.65. The van der Waals surface area contributed by atoms with Crippen molar-refractivity contribution in [1.82, 2.24) is 4.98 Å². The molecule has 0 saturated carbocycles. The standard InChI is InChI=1S/C12H11NO3/c1-16-12(15)10-4-2-3-9-5-8(7-14)6-13-11(9)10/h2-6,14H,7H2,1H3. The van der Waals surface area contributed by atoms with E-state index in [-0.39, 0.29) is 6.61 Å². The number of aliphatic hydroxyl groups is 1. The highest BCUT2D eigenvalue weighted by Crippen LogP contribution is 2.18. The maximum absolute atomic E-state index is 11.5. The summed E-state index contributed by atoms with van der Waals surface area (Å²) in [5.41, 5.74) is 1.74. The molecule has 16 heavy (non-hydrogen) atoms. The van der Waals surface area contributed by atoms with Crippen LogP contribution >= 0.6 is 0 Å². The molecule has 0 aliphatic rings. The van der Waals surface area contributed by atoms with Crippen molar-refractivity contribution in [3.05, 3.63) is 41.6 Å². The van der Waals surface area contributed by atoms with Crippen molar-refractivity contribution in [2.45, 2.75) is 6.61 Å². The van der Waals surface area contributed by atoms with Crippen molar-refractivity contribution in [1.29, 1.82) is 0 Å². The van der Waals surface area contributed by atoms with Gasteiger partial charge in [-0.3, -0.25) is 4.98 Å². The number of aromatic nitrogens is 1. The summed E-state index contributed by atoms with van der Waals surface area (Å²) >= 11 is 0. The monoisotopic (exact) mass is 217 g/mol. The highest BCUT2D eigenvalue weighted by molar-refractivity contribution is 6.02. The number of methoxy groups -OCH3 is 1. The summed E-state index contributed by atoms with van der Waals surface area (Å²) in [4.78, 5) is 15.6. The second kappa shape index (κ2) is 4.28. The zero-order valence-corrected chi connectivity index (χ0v) is 8.80. The van der Waals surface area contributed by atoms with Crippen molar-refractivity contribution in [2.24, 2.45) is 0 Å². The molecule has 2 rings (SSSR count).